The molecule has 4 amide bonds. The Morgan fingerprint density at radius 1 is 0.967 bits per heavy atom. The van der Waals surface area contributed by atoms with Gasteiger partial charge < -0.3 is 20.1 Å². The van der Waals surface area contributed by atoms with Crippen LogP contribution in [0.3, 0.4) is 0 Å². The van der Waals surface area contributed by atoms with Crippen molar-refractivity contribution in [2.75, 3.05) is 37.6 Å². The number of halogens is 2. The van der Waals surface area contributed by atoms with Gasteiger partial charge >= 0.3 is 6.03 Å². The second-order valence-corrected chi connectivity index (χ2v) is 7.20. The van der Waals surface area contributed by atoms with Gasteiger partial charge in [0.2, 0.25) is 18.6 Å². The molecule has 0 radical (unpaired) electrons. The van der Waals surface area contributed by atoms with Crippen LogP contribution in [0.1, 0.15) is 0 Å². The van der Waals surface area contributed by atoms with Crippen LogP contribution in [-0.2, 0) is 9.59 Å². The van der Waals surface area contributed by atoms with Gasteiger partial charge in [-0.05, 0) is 31.3 Å². The van der Waals surface area contributed by atoms with E-state index in [-0.39, 0.29) is 19.9 Å². The van der Waals surface area contributed by atoms with Crippen molar-refractivity contribution in [3.05, 3.63) is 46.4 Å². The standard InChI is InChI=1S/C19H18Cl2N4O5/c1-25(8-16(26)23-18-12(20)3-2-4-13(18)21)9-17(27)24-19(28)22-11-5-6-14-15(7-11)30-10-29-14/h2-7H,8-10H2,1H3,(H,23,26)(H2,22,24,27,28). The van der Waals surface area contributed by atoms with Crippen LogP contribution in [0.4, 0.5) is 16.2 Å². The smallest absolute Gasteiger partial charge is 0.325 e. The summed E-state index contributed by atoms with van der Waals surface area (Å²) >= 11 is 12.0. The monoisotopic (exact) mass is 452 g/mol. The molecule has 0 aromatic heterocycles. The second kappa shape index (κ2) is 9.66. The van der Waals surface area contributed by atoms with Gasteiger partial charge in [0.25, 0.3) is 0 Å². The lowest BCUT2D eigenvalue weighted by Gasteiger charge is -2.16. The van der Waals surface area contributed by atoms with Crippen LogP contribution in [-0.4, -0.2) is 49.7 Å². The lowest BCUT2D eigenvalue weighted by Crippen LogP contribution is -2.42. The van der Waals surface area contributed by atoms with Crippen LogP contribution in [0.25, 0.3) is 0 Å². The molecule has 0 saturated carbocycles. The fraction of sp³-hybridized carbons (Fsp3) is 0.211. The Hall–Kier alpha value is -3.01. The number of imide groups is 1. The average molecular weight is 453 g/mol. The molecule has 30 heavy (non-hydrogen) atoms. The Bertz CT molecular complexity index is 965. The molecule has 2 aromatic rings. The van der Waals surface area contributed by atoms with E-state index in [9.17, 15) is 14.4 Å². The minimum absolute atomic E-state index is 0.112. The van der Waals surface area contributed by atoms with Gasteiger partial charge in [0.05, 0.1) is 28.8 Å². The molecule has 1 aliphatic heterocycles. The van der Waals surface area contributed by atoms with Gasteiger partial charge in [-0.15, -0.1) is 0 Å². The zero-order valence-corrected chi connectivity index (χ0v) is 17.3. The van der Waals surface area contributed by atoms with E-state index < -0.39 is 17.8 Å². The number of urea groups is 1. The number of nitrogens with zero attached hydrogens (tertiary/aromatic N) is 1. The van der Waals surface area contributed by atoms with Crippen molar-refractivity contribution in [1.82, 2.24) is 10.2 Å². The first kappa shape index (κ1) is 21.7. The van der Waals surface area contributed by atoms with Gasteiger partial charge in [-0.2, -0.15) is 0 Å². The Balaban J connectivity index is 1.44. The van der Waals surface area contributed by atoms with Crippen LogP contribution >= 0.6 is 23.2 Å². The molecule has 0 atom stereocenters. The van der Waals surface area contributed by atoms with Gasteiger partial charge in [0, 0.05) is 11.8 Å². The lowest BCUT2D eigenvalue weighted by atomic mass is 10.3. The van der Waals surface area contributed by atoms with Crippen LogP contribution in [0.15, 0.2) is 36.4 Å². The van der Waals surface area contributed by atoms with Crippen LogP contribution in [0, 0.1) is 0 Å². The Kier molecular flexibility index (Phi) is 6.99. The molecule has 0 aliphatic carbocycles. The molecule has 3 rings (SSSR count). The fourth-order valence-corrected chi connectivity index (χ4v) is 3.14. The third-order valence-corrected chi connectivity index (χ3v) is 4.57. The minimum atomic E-state index is -0.709. The van der Waals surface area contributed by atoms with Crippen molar-refractivity contribution < 1.29 is 23.9 Å². The summed E-state index contributed by atoms with van der Waals surface area (Å²) in [5.41, 5.74) is 0.737. The molecule has 1 aliphatic rings. The molecular weight excluding hydrogens is 435 g/mol. The number of fused-ring (bicyclic) bond motifs is 1. The maximum atomic E-state index is 12.2. The number of amides is 4. The number of para-hydroxylation sites is 1. The maximum Gasteiger partial charge on any atom is 0.325 e. The molecule has 3 N–H and O–H groups in total. The number of ether oxygens (including phenoxy) is 2. The molecule has 0 bridgehead atoms. The number of anilines is 2. The predicted octanol–water partition coefficient (Wildman–Crippen LogP) is 2.94. The van der Waals surface area contributed by atoms with Crippen molar-refractivity contribution >= 4 is 52.4 Å². The largest absolute Gasteiger partial charge is 0.454 e. The van der Waals surface area contributed by atoms with E-state index in [1.165, 1.54) is 4.90 Å². The van der Waals surface area contributed by atoms with Crippen LogP contribution in [0.5, 0.6) is 11.5 Å². The lowest BCUT2D eigenvalue weighted by molar-refractivity contribution is -0.122. The summed E-state index contributed by atoms with van der Waals surface area (Å²) in [6.45, 7) is -0.178. The number of likely N-dealkylation sites (N-methyl/N-ethyl adjacent to an activating group) is 1. The first-order chi connectivity index (χ1) is 14.3. The number of carbonyl (C=O) groups excluding carboxylic acids is 3. The highest BCUT2D eigenvalue weighted by Crippen LogP contribution is 2.34. The van der Waals surface area contributed by atoms with E-state index in [1.807, 2.05) is 0 Å². The Morgan fingerprint density at radius 3 is 2.37 bits per heavy atom. The molecular formula is C19H18Cl2N4O5. The molecule has 0 saturated heterocycles. The van der Waals surface area contributed by atoms with Crippen LogP contribution < -0.4 is 25.4 Å². The van der Waals surface area contributed by atoms with E-state index >= 15 is 0 Å². The maximum absolute atomic E-state index is 12.2. The summed E-state index contributed by atoms with van der Waals surface area (Å²) in [7, 11) is 1.56. The fourth-order valence-electron chi connectivity index (χ4n) is 2.65. The van der Waals surface area contributed by atoms with Crippen molar-refractivity contribution in [3.8, 4) is 11.5 Å². The molecule has 158 valence electrons. The summed E-state index contributed by atoms with van der Waals surface area (Å²) in [6.07, 6.45) is 0. The molecule has 2 aromatic carbocycles. The summed E-state index contributed by atoms with van der Waals surface area (Å²) < 4.78 is 10.4. The molecule has 11 heteroatoms. The Labute approximate surface area is 182 Å². The summed E-state index contributed by atoms with van der Waals surface area (Å²) in [5, 5.41) is 7.92. The number of nitrogens with one attached hydrogen (secondary N) is 3. The first-order valence-corrected chi connectivity index (χ1v) is 9.50. The highest BCUT2D eigenvalue weighted by Gasteiger charge is 2.17. The Morgan fingerprint density at radius 2 is 1.63 bits per heavy atom. The van der Waals surface area contributed by atoms with Gasteiger partial charge in [0.15, 0.2) is 11.5 Å². The first-order valence-electron chi connectivity index (χ1n) is 8.74. The van der Waals surface area contributed by atoms with Crippen molar-refractivity contribution in [1.29, 1.82) is 0 Å². The van der Waals surface area contributed by atoms with Crippen LogP contribution in [0.2, 0.25) is 10.0 Å². The van der Waals surface area contributed by atoms with Gasteiger partial charge in [0.1, 0.15) is 0 Å². The van der Waals surface area contributed by atoms with E-state index in [0.29, 0.717) is 32.9 Å². The number of carbonyl (C=O) groups is 3. The third-order valence-electron chi connectivity index (χ3n) is 3.94. The number of hydrogen-bond donors (Lipinski definition) is 3. The molecule has 0 spiro atoms. The van der Waals surface area contributed by atoms with E-state index in [0.717, 1.165) is 0 Å². The van der Waals surface area contributed by atoms with Crippen molar-refractivity contribution in [3.63, 3.8) is 0 Å². The summed E-state index contributed by atoms with van der Waals surface area (Å²) in [4.78, 5) is 37.7. The van der Waals surface area contributed by atoms with Gasteiger partial charge in [-0.3, -0.25) is 19.8 Å². The average Bonchev–Trinajstić information content (AvgIpc) is 3.12. The number of benzene rings is 2. The van der Waals surface area contributed by atoms with E-state index in [1.54, 1.807) is 43.4 Å². The predicted molar refractivity (Wildman–Crippen MR) is 112 cm³/mol. The quantitative estimate of drug-likeness (QED) is 0.621. The summed E-state index contributed by atoms with van der Waals surface area (Å²) in [5.74, 6) is 0.0861. The van der Waals surface area contributed by atoms with Crippen molar-refractivity contribution in [2.45, 2.75) is 0 Å². The topological polar surface area (TPSA) is 109 Å². The van der Waals surface area contributed by atoms with Crippen molar-refractivity contribution in [2.24, 2.45) is 0 Å². The number of rotatable bonds is 6. The molecule has 0 unspecified atom stereocenters. The number of hydrogen-bond acceptors (Lipinski definition) is 6. The molecule has 1 heterocycles. The third kappa shape index (κ3) is 5.76. The minimum Gasteiger partial charge on any atom is -0.454 e. The highest BCUT2D eigenvalue weighted by atomic mass is 35.5. The van der Waals surface area contributed by atoms with Gasteiger partial charge in [-0.1, -0.05) is 29.3 Å². The normalized spacial score (nSPS) is 11.9. The molecule has 9 nitrogen and oxygen atoms in total. The second-order valence-electron chi connectivity index (χ2n) is 6.39. The SMILES string of the molecule is CN(CC(=O)NC(=O)Nc1ccc2c(c1)OCO2)CC(=O)Nc1c(Cl)cccc1Cl. The van der Waals surface area contributed by atoms with Gasteiger partial charge in [-0.25, -0.2) is 4.79 Å². The summed E-state index contributed by atoms with van der Waals surface area (Å²) in [6, 6.07) is 9.00. The van der Waals surface area contributed by atoms with E-state index in [4.69, 9.17) is 32.7 Å². The zero-order valence-electron chi connectivity index (χ0n) is 15.8. The molecule has 0 fully saturated rings. The van der Waals surface area contributed by atoms with E-state index in [2.05, 4.69) is 16.0 Å². The zero-order chi connectivity index (χ0) is 21.7. The highest BCUT2D eigenvalue weighted by molar-refractivity contribution is 6.39.